The predicted octanol–water partition coefficient (Wildman–Crippen LogP) is -2.96. The molecule has 0 heterocycles. The highest BCUT2D eigenvalue weighted by Crippen LogP contribution is 2.12. The minimum Gasteiger partial charge on any atom is -0.508 e. The molecule has 0 aliphatic carbocycles. The van der Waals surface area contributed by atoms with Crippen molar-refractivity contribution in [1.29, 1.82) is 0 Å². The Balaban J connectivity index is 3.06. The van der Waals surface area contributed by atoms with Crippen molar-refractivity contribution in [2.45, 2.75) is 103 Å². The van der Waals surface area contributed by atoms with Gasteiger partial charge < -0.3 is 64.4 Å². The first kappa shape index (κ1) is 47.5. The monoisotopic (exact) mass is 778 g/mol. The van der Waals surface area contributed by atoms with E-state index in [4.69, 9.17) is 17.2 Å². The van der Waals surface area contributed by atoms with Gasteiger partial charge in [-0.15, -0.1) is 0 Å². The first-order chi connectivity index (χ1) is 25.7. The number of aliphatic hydroxyl groups is 1. The molecule has 308 valence electrons. The maximum absolute atomic E-state index is 13.4. The molecule has 1 aromatic rings. The number of aliphatic carboxylic acids is 1. The summed E-state index contributed by atoms with van der Waals surface area (Å²) in [7, 11) is 0. The van der Waals surface area contributed by atoms with Crippen molar-refractivity contribution in [2.24, 2.45) is 34.0 Å². The summed E-state index contributed by atoms with van der Waals surface area (Å²) in [6, 6.07) is -1.46. The third-order valence-electron chi connectivity index (χ3n) is 7.98. The average molecular weight is 779 g/mol. The van der Waals surface area contributed by atoms with Crippen LogP contribution in [-0.2, 0) is 40.0 Å². The molecule has 6 atom stereocenters. The van der Waals surface area contributed by atoms with Gasteiger partial charge in [-0.3, -0.25) is 33.8 Å². The van der Waals surface area contributed by atoms with E-state index in [2.05, 4.69) is 36.9 Å². The standard InChI is InChI=1S/C35H58N10O10/c1-18(2)13-25(33(53)43-24(34(54)55)7-6-12-39-35(37)38)42-28(48)16-40-31(51)27(15-21-8-10-22(47)11-9-21)44-29(49)20(5)41-32(52)26(14-19(3)4)45-30(50)23(36)17-46/h8-11,18-20,23-27,46-47H,6-7,12-17,36H2,1-5H3,(H,40,51)(H,41,52)(H,42,48)(H,43,53)(H,44,49)(H,45,50)(H,54,55)(H4,37,38,39)/t20-,23-,24-,25-,26-,27-/m0/s1. The zero-order chi connectivity index (χ0) is 41.8. The molecule has 0 aliphatic heterocycles. The molecule has 0 bridgehead atoms. The van der Waals surface area contributed by atoms with E-state index in [1.807, 2.05) is 13.8 Å². The van der Waals surface area contributed by atoms with Crippen molar-refractivity contribution in [2.75, 3.05) is 19.7 Å². The molecule has 0 saturated heterocycles. The van der Waals surface area contributed by atoms with E-state index in [0.29, 0.717) is 5.56 Å². The van der Waals surface area contributed by atoms with Gasteiger partial charge in [-0.05, 0) is 62.1 Å². The van der Waals surface area contributed by atoms with Crippen molar-refractivity contribution in [3.05, 3.63) is 29.8 Å². The topological polar surface area (TPSA) is 343 Å². The minimum atomic E-state index is -1.29. The Labute approximate surface area is 320 Å². The smallest absolute Gasteiger partial charge is 0.326 e. The van der Waals surface area contributed by atoms with Gasteiger partial charge in [0.05, 0.1) is 13.2 Å². The number of benzene rings is 1. The number of nitrogens with zero attached hydrogens (tertiary/aromatic N) is 1. The molecule has 1 rings (SSSR count). The normalized spacial score (nSPS) is 14.3. The largest absolute Gasteiger partial charge is 0.508 e. The Morgan fingerprint density at radius 3 is 1.76 bits per heavy atom. The van der Waals surface area contributed by atoms with Crippen molar-refractivity contribution >= 4 is 47.4 Å². The Morgan fingerprint density at radius 2 is 1.24 bits per heavy atom. The lowest BCUT2D eigenvalue weighted by atomic mass is 10.0. The second-order valence-electron chi connectivity index (χ2n) is 14.0. The number of phenolic OH excluding ortho intramolecular Hbond substituents is 1. The fourth-order valence-corrected chi connectivity index (χ4v) is 5.09. The van der Waals surface area contributed by atoms with Gasteiger partial charge in [-0.25, -0.2) is 4.79 Å². The lowest BCUT2D eigenvalue weighted by Crippen LogP contribution is -2.58. The van der Waals surface area contributed by atoms with Crippen LogP contribution in [0.1, 0.15) is 65.9 Å². The highest BCUT2D eigenvalue weighted by molar-refractivity contribution is 5.96. The lowest BCUT2D eigenvalue weighted by Gasteiger charge is -2.25. The molecule has 20 heteroatoms. The Morgan fingerprint density at radius 1 is 0.709 bits per heavy atom. The number of aromatic hydroxyl groups is 1. The molecule has 0 saturated carbocycles. The number of rotatable bonds is 24. The zero-order valence-electron chi connectivity index (χ0n) is 32.0. The van der Waals surface area contributed by atoms with Crippen LogP contribution in [-0.4, -0.2) is 119 Å². The van der Waals surface area contributed by atoms with Crippen LogP contribution in [0.25, 0.3) is 0 Å². The fraction of sp³-hybridized carbons (Fsp3) is 0.600. The predicted molar refractivity (Wildman–Crippen MR) is 202 cm³/mol. The Bertz CT molecular complexity index is 1480. The minimum absolute atomic E-state index is 0.0150. The van der Waals surface area contributed by atoms with Gasteiger partial charge in [0.15, 0.2) is 5.96 Å². The first-order valence-corrected chi connectivity index (χ1v) is 17.9. The molecule has 0 fully saturated rings. The van der Waals surface area contributed by atoms with E-state index in [-0.39, 0.29) is 62.2 Å². The number of aliphatic hydroxyl groups excluding tert-OH is 1. The molecular weight excluding hydrogens is 720 g/mol. The Kier molecular flexibility index (Phi) is 20.8. The number of nitrogens with one attached hydrogen (secondary N) is 6. The molecule has 15 N–H and O–H groups in total. The van der Waals surface area contributed by atoms with Crippen LogP contribution in [0.15, 0.2) is 29.3 Å². The van der Waals surface area contributed by atoms with Crippen LogP contribution < -0.4 is 49.1 Å². The van der Waals surface area contributed by atoms with Gasteiger partial charge in [0.2, 0.25) is 35.4 Å². The van der Waals surface area contributed by atoms with E-state index in [0.717, 1.165) is 0 Å². The summed E-state index contributed by atoms with van der Waals surface area (Å²) >= 11 is 0. The van der Waals surface area contributed by atoms with Crippen LogP contribution in [0.4, 0.5) is 0 Å². The first-order valence-electron chi connectivity index (χ1n) is 17.9. The quantitative estimate of drug-likeness (QED) is 0.0284. The number of hydrogen-bond acceptors (Lipinski definition) is 11. The van der Waals surface area contributed by atoms with Crippen molar-refractivity contribution in [1.82, 2.24) is 31.9 Å². The second kappa shape index (κ2) is 24.0. The van der Waals surface area contributed by atoms with Crippen molar-refractivity contribution < 1.29 is 48.9 Å². The highest BCUT2D eigenvalue weighted by atomic mass is 16.4. The number of carbonyl (C=O) groups excluding carboxylic acids is 6. The third-order valence-corrected chi connectivity index (χ3v) is 7.98. The number of carboxylic acids is 1. The number of aliphatic imine (C=N–C) groups is 1. The summed E-state index contributed by atoms with van der Waals surface area (Å²) in [5, 5.41) is 43.5. The van der Waals surface area contributed by atoms with Crippen LogP contribution in [0.3, 0.4) is 0 Å². The van der Waals surface area contributed by atoms with Crippen LogP contribution in [0.2, 0.25) is 0 Å². The van der Waals surface area contributed by atoms with Gasteiger partial charge in [-0.1, -0.05) is 39.8 Å². The van der Waals surface area contributed by atoms with Crippen LogP contribution in [0.5, 0.6) is 5.75 Å². The summed E-state index contributed by atoms with van der Waals surface area (Å²) in [6.07, 6.45) is 0.515. The number of carbonyl (C=O) groups is 7. The Hall–Kier alpha value is -5.50. The molecule has 1 aromatic carbocycles. The van der Waals surface area contributed by atoms with E-state index in [1.54, 1.807) is 13.8 Å². The molecule has 6 amide bonds. The van der Waals surface area contributed by atoms with Gasteiger partial charge >= 0.3 is 5.97 Å². The summed E-state index contributed by atoms with van der Waals surface area (Å²) in [4.78, 5) is 93.9. The average Bonchev–Trinajstić information content (AvgIpc) is 3.10. The maximum atomic E-state index is 13.4. The van der Waals surface area contributed by atoms with Gasteiger partial charge in [0, 0.05) is 13.0 Å². The van der Waals surface area contributed by atoms with Crippen molar-refractivity contribution in [3.8, 4) is 5.75 Å². The fourth-order valence-electron chi connectivity index (χ4n) is 5.09. The number of hydrogen-bond donors (Lipinski definition) is 12. The number of guanidine groups is 1. The van der Waals surface area contributed by atoms with Crippen molar-refractivity contribution in [3.63, 3.8) is 0 Å². The maximum Gasteiger partial charge on any atom is 0.326 e. The summed E-state index contributed by atoms with van der Waals surface area (Å²) < 4.78 is 0. The number of nitrogens with two attached hydrogens (primary N) is 3. The third kappa shape index (κ3) is 18.9. The molecule has 0 radical (unpaired) electrons. The molecule has 0 aliphatic rings. The van der Waals surface area contributed by atoms with Crippen LogP contribution in [0, 0.1) is 11.8 Å². The molecule has 0 spiro atoms. The number of phenols is 1. The summed E-state index contributed by atoms with van der Waals surface area (Å²) in [6.45, 7) is 7.47. The molecule has 55 heavy (non-hydrogen) atoms. The molecule has 0 unspecified atom stereocenters. The van der Waals surface area contributed by atoms with Crippen LogP contribution >= 0.6 is 0 Å². The van der Waals surface area contributed by atoms with E-state index in [9.17, 15) is 48.9 Å². The van der Waals surface area contributed by atoms with Gasteiger partial charge in [0.1, 0.15) is 42.0 Å². The summed E-state index contributed by atoms with van der Waals surface area (Å²) in [5.41, 5.74) is 16.7. The highest BCUT2D eigenvalue weighted by Gasteiger charge is 2.30. The summed E-state index contributed by atoms with van der Waals surface area (Å²) in [5.74, 6) is -6.19. The van der Waals surface area contributed by atoms with Gasteiger partial charge in [0.25, 0.3) is 0 Å². The molecular formula is C35H58N10O10. The SMILES string of the molecule is CC(C)C[C@H](NC(=O)CNC(=O)[C@H](Cc1ccc(O)cc1)NC(=O)[C@H](C)NC(=O)[C@H](CC(C)C)NC(=O)[C@@H](N)CO)C(=O)N[C@@H](CCCN=C(N)N)C(=O)O. The lowest BCUT2D eigenvalue weighted by molar-refractivity contribution is -0.142. The molecule has 0 aromatic heterocycles. The zero-order valence-corrected chi connectivity index (χ0v) is 32.0. The van der Waals surface area contributed by atoms with Gasteiger partial charge in [-0.2, -0.15) is 0 Å². The second-order valence-corrected chi connectivity index (χ2v) is 14.0. The van der Waals surface area contributed by atoms with E-state index >= 15 is 0 Å². The number of amides is 6. The van der Waals surface area contributed by atoms with E-state index in [1.165, 1.54) is 31.2 Å². The number of carboxylic acid groups (broad SMARTS) is 1. The van der Waals surface area contributed by atoms with E-state index < -0.39 is 90.8 Å². The molecule has 20 nitrogen and oxygen atoms in total.